The SMILES string of the molecule is CCn1cc(C(=O)O)c(=O)c2cc(F)c(N3CCN(CCOc4ccc5c(=O)c(-c6ccc(OC)cc6)coc5c4)C(C)C3)c(F)c21. The van der Waals surface area contributed by atoms with Crippen molar-refractivity contribution >= 4 is 33.5 Å². The predicted octanol–water partition coefficient (Wildman–Crippen LogP) is 5.37. The first-order valence-corrected chi connectivity index (χ1v) is 15.2. The van der Waals surface area contributed by atoms with Crippen molar-refractivity contribution in [1.82, 2.24) is 9.47 Å². The maximum atomic E-state index is 15.9. The molecule has 3 heterocycles. The smallest absolute Gasteiger partial charge is 0.341 e. The first-order valence-electron chi connectivity index (χ1n) is 15.2. The fraction of sp³-hybridized carbons (Fsp3) is 0.286. The van der Waals surface area contributed by atoms with Crippen LogP contribution >= 0.6 is 0 Å². The van der Waals surface area contributed by atoms with Crippen molar-refractivity contribution < 1.29 is 32.6 Å². The van der Waals surface area contributed by atoms with E-state index in [4.69, 9.17) is 13.9 Å². The second kappa shape index (κ2) is 12.9. The van der Waals surface area contributed by atoms with Gasteiger partial charge in [0.2, 0.25) is 5.43 Å². The zero-order valence-electron chi connectivity index (χ0n) is 26.1. The van der Waals surface area contributed by atoms with E-state index < -0.39 is 28.6 Å². The normalized spacial score (nSPS) is 15.3. The van der Waals surface area contributed by atoms with E-state index >= 15 is 8.78 Å². The van der Waals surface area contributed by atoms with Crippen molar-refractivity contribution in [2.75, 3.05) is 44.8 Å². The number of nitrogens with zero attached hydrogens (tertiary/aromatic N) is 3. The third-order valence-electron chi connectivity index (χ3n) is 8.68. The van der Waals surface area contributed by atoms with Crippen molar-refractivity contribution in [2.24, 2.45) is 0 Å². The monoisotopic (exact) mass is 645 g/mol. The predicted molar refractivity (Wildman–Crippen MR) is 174 cm³/mol. The molecule has 0 saturated carbocycles. The van der Waals surface area contributed by atoms with E-state index in [1.165, 1.54) is 10.8 Å². The number of rotatable bonds is 9. The Morgan fingerprint density at radius 2 is 1.77 bits per heavy atom. The van der Waals surface area contributed by atoms with Gasteiger partial charge in [-0.3, -0.25) is 14.5 Å². The Morgan fingerprint density at radius 1 is 1.02 bits per heavy atom. The molecule has 0 amide bonds. The van der Waals surface area contributed by atoms with E-state index in [0.29, 0.717) is 60.8 Å². The second-order valence-corrected chi connectivity index (χ2v) is 11.4. The Labute approximate surface area is 268 Å². The fourth-order valence-electron chi connectivity index (χ4n) is 6.15. The number of anilines is 1. The lowest BCUT2D eigenvalue weighted by Gasteiger charge is -2.41. The molecule has 6 rings (SSSR count). The summed E-state index contributed by atoms with van der Waals surface area (Å²) < 4.78 is 49.6. The molecule has 3 aromatic carbocycles. The van der Waals surface area contributed by atoms with Crippen molar-refractivity contribution in [3.63, 3.8) is 0 Å². The third kappa shape index (κ3) is 5.92. The summed E-state index contributed by atoms with van der Waals surface area (Å²) in [4.78, 5) is 41.2. The highest BCUT2D eigenvalue weighted by Crippen LogP contribution is 2.32. The fourth-order valence-corrected chi connectivity index (χ4v) is 6.15. The average molecular weight is 646 g/mol. The minimum Gasteiger partial charge on any atom is -0.497 e. The number of hydrogen-bond donors (Lipinski definition) is 1. The first-order chi connectivity index (χ1) is 22.6. The first kappa shape index (κ1) is 31.7. The Bertz CT molecular complexity index is 2110. The number of ether oxygens (including phenoxy) is 2. The van der Waals surface area contributed by atoms with Crippen LogP contribution in [0.2, 0.25) is 0 Å². The minimum atomic E-state index is -1.45. The number of halogens is 2. The molecular formula is C35H33F2N3O7. The van der Waals surface area contributed by atoms with Crippen LogP contribution in [0.5, 0.6) is 11.5 Å². The number of pyridine rings is 1. The highest BCUT2D eigenvalue weighted by Gasteiger charge is 2.30. The van der Waals surface area contributed by atoms with Crippen LogP contribution in [-0.2, 0) is 6.54 Å². The molecule has 0 spiro atoms. The van der Waals surface area contributed by atoms with Crippen LogP contribution in [0.4, 0.5) is 14.5 Å². The summed E-state index contributed by atoms with van der Waals surface area (Å²) in [5.41, 5.74) is -0.414. The molecule has 1 unspecified atom stereocenters. The molecule has 1 fully saturated rings. The molecule has 10 nitrogen and oxygen atoms in total. The van der Waals surface area contributed by atoms with Crippen molar-refractivity contribution in [3.8, 4) is 22.6 Å². The number of hydrogen-bond acceptors (Lipinski definition) is 8. The highest BCUT2D eigenvalue weighted by molar-refractivity contribution is 5.94. The molecule has 1 atom stereocenters. The molecule has 1 aliphatic rings. The minimum absolute atomic E-state index is 0.0874. The number of aromatic carboxylic acids is 1. The van der Waals surface area contributed by atoms with Gasteiger partial charge in [-0.2, -0.15) is 0 Å². The van der Waals surface area contributed by atoms with Crippen molar-refractivity contribution in [1.29, 1.82) is 0 Å². The molecule has 2 aromatic heterocycles. The van der Waals surface area contributed by atoms with Crippen LogP contribution in [0.25, 0.3) is 33.0 Å². The van der Waals surface area contributed by atoms with Crippen LogP contribution in [0.15, 0.2) is 75.0 Å². The number of carbonyl (C=O) groups is 1. The summed E-state index contributed by atoms with van der Waals surface area (Å²) in [7, 11) is 1.58. The molecule has 5 aromatic rings. The van der Waals surface area contributed by atoms with E-state index in [1.54, 1.807) is 61.4 Å². The standard InChI is InChI=1S/C35H33F2N3O7/c1-4-38-18-26(35(43)44)34(42)25-16-28(36)32(30(37)31(25)38)40-12-11-39(20(2)17-40)13-14-46-23-9-10-24-29(15-23)47-19-27(33(24)41)21-5-7-22(45-3)8-6-21/h5-10,15-16,18-20H,4,11-14,17H2,1-3H3,(H,43,44). The lowest BCUT2D eigenvalue weighted by atomic mass is 10.1. The van der Waals surface area contributed by atoms with E-state index in [0.717, 1.165) is 17.8 Å². The number of aryl methyl sites for hydroxylation is 1. The molecule has 0 radical (unpaired) electrons. The Balaban J connectivity index is 1.12. The number of benzene rings is 3. The summed E-state index contributed by atoms with van der Waals surface area (Å²) in [6, 6.07) is 13.1. The van der Waals surface area contributed by atoms with Gasteiger partial charge in [0.25, 0.3) is 0 Å². The van der Waals surface area contributed by atoms with Crippen LogP contribution in [0.3, 0.4) is 0 Å². The van der Waals surface area contributed by atoms with Crippen LogP contribution < -0.4 is 25.2 Å². The van der Waals surface area contributed by atoms with E-state index in [2.05, 4.69) is 4.90 Å². The third-order valence-corrected chi connectivity index (χ3v) is 8.68. The topological polar surface area (TPSA) is 114 Å². The molecule has 1 saturated heterocycles. The van der Waals surface area contributed by atoms with E-state index in [9.17, 15) is 19.5 Å². The Morgan fingerprint density at radius 3 is 2.45 bits per heavy atom. The van der Waals surface area contributed by atoms with Gasteiger partial charge in [0.05, 0.1) is 29.0 Å². The molecule has 0 bridgehead atoms. The summed E-state index contributed by atoms with van der Waals surface area (Å²) in [5.74, 6) is -2.03. The van der Waals surface area contributed by atoms with Gasteiger partial charge in [0.1, 0.15) is 47.0 Å². The van der Waals surface area contributed by atoms with Gasteiger partial charge >= 0.3 is 5.97 Å². The van der Waals surface area contributed by atoms with E-state index in [1.807, 2.05) is 6.92 Å². The maximum absolute atomic E-state index is 15.9. The number of carboxylic acids is 1. The Kier molecular flexibility index (Phi) is 8.69. The number of aromatic nitrogens is 1. The van der Waals surface area contributed by atoms with Gasteiger partial charge in [-0.25, -0.2) is 13.6 Å². The number of fused-ring (bicyclic) bond motifs is 2. The Hall–Kier alpha value is -5.23. The van der Waals surface area contributed by atoms with Crippen LogP contribution in [0.1, 0.15) is 24.2 Å². The van der Waals surface area contributed by atoms with Gasteiger partial charge in [0.15, 0.2) is 11.2 Å². The summed E-state index contributed by atoms with van der Waals surface area (Å²) >= 11 is 0. The van der Waals surface area contributed by atoms with Crippen LogP contribution in [0, 0.1) is 11.6 Å². The zero-order valence-corrected chi connectivity index (χ0v) is 26.1. The van der Waals surface area contributed by atoms with Crippen LogP contribution in [-0.4, -0.2) is 66.5 Å². The molecule has 47 heavy (non-hydrogen) atoms. The molecule has 244 valence electrons. The van der Waals surface area contributed by atoms with E-state index in [-0.39, 0.29) is 34.6 Å². The van der Waals surface area contributed by atoms with Gasteiger partial charge in [-0.05, 0) is 49.7 Å². The second-order valence-electron chi connectivity index (χ2n) is 11.4. The summed E-state index contributed by atoms with van der Waals surface area (Å²) in [5, 5.41) is 9.52. The molecule has 1 aliphatic heterocycles. The number of methoxy groups -OCH3 is 1. The molecule has 1 N–H and O–H groups in total. The van der Waals surface area contributed by atoms with Gasteiger partial charge in [-0.15, -0.1) is 0 Å². The quantitative estimate of drug-likeness (QED) is 0.226. The van der Waals surface area contributed by atoms with Gasteiger partial charge in [0, 0.05) is 51.0 Å². The highest BCUT2D eigenvalue weighted by atomic mass is 19.1. The van der Waals surface area contributed by atoms with Gasteiger partial charge in [-0.1, -0.05) is 12.1 Å². The zero-order chi connectivity index (χ0) is 33.4. The van der Waals surface area contributed by atoms with Crippen molar-refractivity contribution in [3.05, 3.63) is 98.6 Å². The maximum Gasteiger partial charge on any atom is 0.341 e. The molecular weight excluding hydrogens is 612 g/mol. The summed E-state index contributed by atoms with van der Waals surface area (Å²) in [6.07, 6.45) is 2.54. The lowest BCUT2D eigenvalue weighted by molar-refractivity contribution is 0.0694. The average Bonchev–Trinajstić information content (AvgIpc) is 3.06. The van der Waals surface area contributed by atoms with Gasteiger partial charge < -0.3 is 28.5 Å². The number of piperazine rings is 1. The lowest BCUT2D eigenvalue weighted by Crippen LogP contribution is -2.53. The molecule has 0 aliphatic carbocycles. The molecule has 12 heteroatoms. The number of carboxylic acid groups (broad SMARTS) is 1. The van der Waals surface area contributed by atoms with Crippen molar-refractivity contribution in [2.45, 2.75) is 26.4 Å². The largest absolute Gasteiger partial charge is 0.497 e. The summed E-state index contributed by atoms with van der Waals surface area (Å²) in [6.45, 7) is 5.86.